The summed E-state index contributed by atoms with van der Waals surface area (Å²) in [4.78, 5) is 11.0. The van der Waals surface area contributed by atoms with Crippen molar-refractivity contribution in [3.8, 4) is 0 Å². The Morgan fingerprint density at radius 2 is 1.53 bits per heavy atom. The highest BCUT2D eigenvalue weighted by Crippen LogP contribution is 2.09. The topological polar surface area (TPSA) is 26.3 Å². The molecule has 2 nitrogen and oxygen atoms in total. The number of ether oxygens (including phenoxy) is 1. The third-order valence-corrected chi connectivity index (χ3v) is 2.59. The maximum absolute atomic E-state index is 11.0. The molecule has 0 fully saturated rings. The van der Waals surface area contributed by atoms with Gasteiger partial charge in [-0.1, -0.05) is 32.1 Å². The molecule has 3 heteroatoms. The van der Waals surface area contributed by atoms with Gasteiger partial charge in [0.25, 0.3) is 0 Å². The van der Waals surface area contributed by atoms with E-state index < -0.39 is 0 Å². The van der Waals surface area contributed by atoms with E-state index in [-0.39, 0.29) is 5.97 Å². The minimum atomic E-state index is -0.0559. The number of esters is 1. The number of rotatable bonds is 10. The predicted octanol–water partition coefficient (Wildman–Crippen LogP) is 3.91. The first-order valence-electron chi connectivity index (χ1n) is 6.02. The van der Waals surface area contributed by atoms with E-state index in [1.807, 2.05) is 6.92 Å². The van der Waals surface area contributed by atoms with Gasteiger partial charge in [-0.25, -0.2) is 0 Å². The highest BCUT2D eigenvalue weighted by Gasteiger charge is 2.00. The second kappa shape index (κ2) is 11.8. The van der Waals surface area contributed by atoms with Gasteiger partial charge in [-0.2, -0.15) is 0 Å². The Labute approximate surface area is 98.3 Å². The molecule has 0 heterocycles. The van der Waals surface area contributed by atoms with Crippen LogP contribution in [0.15, 0.2) is 0 Å². The number of hydrogen-bond acceptors (Lipinski definition) is 2. The van der Waals surface area contributed by atoms with Crippen molar-refractivity contribution >= 4 is 17.6 Å². The van der Waals surface area contributed by atoms with E-state index in [2.05, 4.69) is 0 Å². The molecule has 0 amide bonds. The molecule has 0 saturated carbocycles. The molecular formula is C12H23ClO2. The van der Waals surface area contributed by atoms with Crippen LogP contribution in [-0.4, -0.2) is 18.5 Å². The molecule has 0 aliphatic rings. The van der Waals surface area contributed by atoms with Crippen molar-refractivity contribution in [1.29, 1.82) is 0 Å². The zero-order chi connectivity index (χ0) is 11.4. The molecule has 0 unspecified atom stereocenters. The fourth-order valence-corrected chi connectivity index (χ4v) is 1.67. The summed E-state index contributed by atoms with van der Waals surface area (Å²) in [7, 11) is 0. The van der Waals surface area contributed by atoms with E-state index in [1.54, 1.807) is 0 Å². The van der Waals surface area contributed by atoms with Gasteiger partial charge in [0.2, 0.25) is 0 Å². The van der Waals surface area contributed by atoms with Gasteiger partial charge in [-0.15, -0.1) is 11.6 Å². The van der Waals surface area contributed by atoms with Crippen LogP contribution in [-0.2, 0) is 9.53 Å². The average molecular weight is 235 g/mol. The van der Waals surface area contributed by atoms with Crippen LogP contribution in [0.3, 0.4) is 0 Å². The summed E-state index contributed by atoms with van der Waals surface area (Å²) in [5.74, 6) is 0.725. The summed E-state index contributed by atoms with van der Waals surface area (Å²) < 4.78 is 4.85. The highest BCUT2D eigenvalue weighted by atomic mass is 35.5. The number of alkyl halides is 1. The first kappa shape index (κ1) is 14.8. The maximum atomic E-state index is 11.0. The van der Waals surface area contributed by atoms with Gasteiger partial charge in [0.05, 0.1) is 6.61 Å². The zero-order valence-corrected chi connectivity index (χ0v) is 10.5. The Hall–Kier alpha value is -0.240. The van der Waals surface area contributed by atoms with Crippen molar-refractivity contribution in [3.63, 3.8) is 0 Å². The number of unbranched alkanes of at least 4 members (excludes halogenated alkanes) is 6. The average Bonchev–Trinajstić information content (AvgIpc) is 2.22. The number of carbonyl (C=O) groups excluding carboxylic acids is 1. The van der Waals surface area contributed by atoms with Gasteiger partial charge in [0, 0.05) is 12.3 Å². The van der Waals surface area contributed by atoms with Crippen LogP contribution in [0.1, 0.15) is 58.3 Å². The Morgan fingerprint density at radius 3 is 2.07 bits per heavy atom. The van der Waals surface area contributed by atoms with Crippen LogP contribution < -0.4 is 0 Å². The van der Waals surface area contributed by atoms with Gasteiger partial charge >= 0.3 is 5.97 Å². The van der Waals surface area contributed by atoms with Crippen molar-refractivity contribution in [1.82, 2.24) is 0 Å². The van der Waals surface area contributed by atoms with Gasteiger partial charge in [0.15, 0.2) is 0 Å². The molecule has 0 atom stereocenters. The summed E-state index contributed by atoms with van der Waals surface area (Å²) in [5, 5.41) is 0. The smallest absolute Gasteiger partial charge is 0.305 e. The van der Waals surface area contributed by atoms with E-state index in [4.69, 9.17) is 16.3 Å². The van der Waals surface area contributed by atoms with Crippen LogP contribution in [0.2, 0.25) is 0 Å². The summed E-state index contributed by atoms with van der Waals surface area (Å²) >= 11 is 5.58. The molecule has 90 valence electrons. The van der Waals surface area contributed by atoms with Crippen molar-refractivity contribution in [3.05, 3.63) is 0 Å². The second-order valence-electron chi connectivity index (χ2n) is 3.72. The van der Waals surface area contributed by atoms with E-state index in [0.29, 0.717) is 13.0 Å². The monoisotopic (exact) mass is 234 g/mol. The summed E-state index contributed by atoms with van der Waals surface area (Å²) in [5.41, 5.74) is 0. The lowest BCUT2D eigenvalue weighted by atomic mass is 10.1. The van der Waals surface area contributed by atoms with Crippen LogP contribution in [0.5, 0.6) is 0 Å². The Balaban J connectivity index is 3.01. The van der Waals surface area contributed by atoms with Crippen LogP contribution in [0.25, 0.3) is 0 Å². The minimum absolute atomic E-state index is 0.0559. The number of hydrogen-bond donors (Lipinski definition) is 0. The predicted molar refractivity (Wildman–Crippen MR) is 64.3 cm³/mol. The van der Waals surface area contributed by atoms with Crippen LogP contribution >= 0.6 is 11.6 Å². The molecule has 0 rings (SSSR count). The van der Waals surface area contributed by atoms with Gasteiger partial charge in [0.1, 0.15) is 0 Å². The molecule has 0 N–H and O–H groups in total. The molecule has 0 saturated heterocycles. The third kappa shape index (κ3) is 11.7. The summed E-state index contributed by atoms with van der Waals surface area (Å²) in [6.07, 6.45) is 8.81. The lowest BCUT2D eigenvalue weighted by Gasteiger charge is -2.02. The van der Waals surface area contributed by atoms with E-state index >= 15 is 0 Å². The molecule has 0 aromatic heterocycles. The lowest BCUT2D eigenvalue weighted by Crippen LogP contribution is -2.03. The SMILES string of the molecule is CCOC(=O)CCCCCCCCCCl. The maximum Gasteiger partial charge on any atom is 0.305 e. The molecule has 0 radical (unpaired) electrons. The van der Waals surface area contributed by atoms with E-state index in [0.717, 1.165) is 25.1 Å². The molecule has 0 aliphatic carbocycles. The van der Waals surface area contributed by atoms with E-state index in [1.165, 1.54) is 25.7 Å². The summed E-state index contributed by atoms with van der Waals surface area (Å²) in [6, 6.07) is 0. The standard InChI is InChI=1S/C12H23ClO2/c1-2-15-12(14)10-8-6-4-3-5-7-9-11-13/h2-11H2,1H3. The Morgan fingerprint density at radius 1 is 1.00 bits per heavy atom. The molecule has 0 aliphatic heterocycles. The third-order valence-electron chi connectivity index (χ3n) is 2.32. The van der Waals surface area contributed by atoms with Crippen molar-refractivity contribution in [2.45, 2.75) is 58.3 Å². The molecule has 0 bridgehead atoms. The van der Waals surface area contributed by atoms with E-state index in [9.17, 15) is 4.79 Å². The Bertz CT molecular complexity index is 149. The zero-order valence-electron chi connectivity index (χ0n) is 9.77. The van der Waals surface area contributed by atoms with Gasteiger partial charge in [-0.05, 0) is 19.8 Å². The fraction of sp³-hybridized carbons (Fsp3) is 0.917. The molecule has 0 aromatic rings. The van der Waals surface area contributed by atoms with Crippen LogP contribution in [0.4, 0.5) is 0 Å². The normalized spacial score (nSPS) is 10.3. The molecule has 0 aromatic carbocycles. The Kier molecular flexibility index (Phi) is 11.6. The molecule has 0 spiro atoms. The quantitative estimate of drug-likeness (QED) is 0.326. The first-order chi connectivity index (χ1) is 7.31. The molecule has 15 heavy (non-hydrogen) atoms. The van der Waals surface area contributed by atoms with Gasteiger partial charge in [-0.3, -0.25) is 4.79 Å². The largest absolute Gasteiger partial charge is 0.466 e. The van der Waals surface area contributed by atoms with Crippen molar-refractivity contribution in [2.75, 3.05) is 12.5 Å². The van der Waals surface area contributed by atoms with Crippen molar-refractivity contribution in [2.24, 2.45) is 0 Å². The number of carbonyl (C=O) groups is 1. The highest BCUT2D eigenvalue weighted by molar-refractivity contribution is 6.17. The fourth-order valence-electron chi connectivity index (χ4n) is 1.48. The first-order valence-corrected chi connectivity index (χ1v) is 6.56. The second-order valence-corrected chi connectivity index (χ2v) is 4.10. The van der Waals surface area contributed by atoms with Crippen LogP contribution in [0, 0.1) is 0 Å². The number of halogens is 1. The van der Waals surface area contributed by atoms with Gasteiger partial charge < -0.3 is 4.74 Å². The molecular weight excluding hydrogens is 212 g/mol. The summed E-state index contributed by atoms with van der Waals surface area (Å²) in [6.45, 7) is 2.34. The lowest BCUT2D eigenvalue weighted by molar-refractivity contribution is -0.143. The minimum Gasteiger partial charge on any atom is -0.466 e. The van der Waals surface area contributed by atoms with Crippen molar-refractivity contribution < 1.29 is 9.53 Å².